The van der Waals surface area contributed by atoms with Gasteiger partial charge in [0.2, 0.25) is 5.89 Å². The zero-order chi connectivity index (χ0) is 31.2. The van der Waals surface area contributed by atoms with Gasteiger partial charge in [-0.25, -0.2) is 19.9 Å². The molecule has 5 heteroatoms. The third-order valence-corrected chi connectivity index (χ3v) is 8.55. The van der Waals surface area contributed by atoms with Gasteiger partial charge in [-0.1, -0.05) is 133 Å². The predicted molar refractivity (Wildman–Crippen MR) is 190 cm³/mol. The van der Waals surface area contributed by atoms with Crippen LogP contribution < -0.4 is 0 Å². The molecule has 0 amide bonds. The van der Waals surface area contributed by atoms with Crippen LogP contribution in [0.3, 0.4) is 0 Å². The lowest BCUT2D eigenvalue weighted by Crippen LogP contribution is -2.00. The van der Waals surface area contributed by atoms with Crippen LogP contribution in [0.1, 0.15) is 0 Å². The van der Waals surface area contributed by atoms with Crippen molar-refractivity contribution in [1.29, 1.82) is 0 Å². The minimum atomic E-state index is 0.606. The van der Waals surface area contributed by atoms with Gasteiger partial charge in [0.15, 0.2) is 23.1 Å². The van der Waals surface area contributed by atoms with Crippen molar-refractivity contribution >= 4 is 32.6 Å². The number of hydrogen-bond donors (Lipinski definition) is 0. The monoisotopic (exact) mass is 602 g/mol. The lowest BCUT2D eigenvalue weighted by atomic mass is 9.99. The molecule has 220 valence electrons. The number of oxazole rings is 1. The normalized spacial score (nSPS) is 11.4. The summed E-state index contributed by atoms with van der Waals surface area (Å²) in [5.41, 5.74) is 7.59. The van der Waals surface area contributed by atoms with Crippen LogP contribution in [0, 0.1) is 0 Å². The molecule has 0 aliphatic rings. The van der Waals surface area contributed by atoms with E-state index >= 15 is 0 Å². The summed E-state index contributed by atoms with van der Waals surface area (Å²) in [7, 11) is 0. The maximum Gasteiger partial charge on any atom is 0.227 e. The van der Waals surface area contributed by atoms with E-state index in [4.69, 9.17) is 24.4 Å². The van der Waals surface area contributed by atoms with Crippen LogP contribution >= 0.6 is 0 Å². The third-order valence-electron chi connectivity index (χ3n) is 8.55. The summed E-state index contributed by atoms with van der Waals surface area (Å²) in [5, 5.41) is 4.25. The van der Waals surface area contributed by atoms with E-state index in [2.05, 4.69) is 84.9 Å². The summed E-state index contributed by atoms with van der Waals surface area (Å²) in [6, 6.07) is 53.6. The fraction of sp³-hybridized carbons (Fsp3) is 0. The topological polar surface area (TPSA) is 64.7 Å². The van der Waals surface area contributed by atoms with Gasteiger partial charge in [0.25, 0.3) is 0 Å². The van der Waals surface area contributed by atoms with Gasteiger partial charge in [-0.05, 0) is 51.6 Å². The van der Waals surface area contributed by atoms with Crippen LogP contribution in [0.2, 0.25) is 0 Å². The molecule has 5 nitrogen and oxygen atoms in total. The van der Waals surface area contributed by atoms with E-state index < -0.39 is 0 Å². The Hall–Kier alpha value is -6.46. The molecule has 0 spiro atoms. The van der Waals surface area contributed by atoms with Crippen molar-refractivity contribution in [2.45, 2.75) is 0 Å². The van der Waals surface area contributed by atoms with Gasteiger partial charge in [0, 0.05) is 27.6 Å². The summed E-state index contributed by atoms with van der Waals surface area (Å²) < 4.78 is 6.46. The highest BCUT2D eigenvalue weighted by Gasteiger charge is 2.16. The molecule has 0 fully saturated rings. The molecule has 2 heterocycles. The van der Waals surface area contributed by atoms with Crippen LogP contribution in [-0.2, 0) is 0 Å². The second-order valence-corrected chi connectivity index (χ2v) is 11.5. The van der Waals surface area contributed by atoms with E-state index in [1.807, 2.05) is 72.8 Å². The molecule has 0 N–H and O–H groups in total. The van der Waals surface area contributed by atoms with Gasteiger partial charge in [-0.3, -0.25) is 0 Å². The van der Waals surface area contributed by atoms with Gasteiger partial charge in [-0.2, -0.15) is 0 Å². The van der Waals surface area contributed by atoms with Crippen molar-refractivity contribution < 1.29 is 4.42 Å². The number of rotatable bonds is 5. The van der Waals surface area contributed by atoms with E-state index in [-0.39, 0.29) is 0 Å². The van der Waals surface area contributed by atoms with E-state index in [9.17, 15) is 0 Å². The summed E-state index contributed by atoms with van der Waals surface area (Å²) >= 11 is 0. The predicted octanol–water partition coefficient (Wildman–Crippen LogP) is 10.7. The van der Waals surface area contributed by atoms with Gasteiger partial charge < -0.3 is 4.42 Å². The second kappa shape index (κ2) is 11.2. The molecule has 47 heavy (non-hydrogen) atoms. The van der Waals surface area contributed by atoms with E-state index in [1.165, 1.54) is 5.56 Å². The van der Waals surface area contributed by atoms with Crippen molar-refractivity contribution in [3.05, 3.63) is 158 Å². The number of nitrogens with zero attached hydrogens (tertiary/aromatic N) is 4. The average molecular weight is 603 g/mol. The smallest absolute Gasteiger partial charge is 0.227 e. The Labute approximate surface area is 270 Å². The Morgan fingerprint density at radius 2 is 0.830 bits per heavy atom. The lowest BCUT2D eigenvalue weighted by molar-refractivity contribution is 0.623. The summed E-state index contributed by atoms with van der Waals surface area (Å²) in [6.45, 7) is 0. The third kappa shape index (κ3) is 4.91. The molecule has 0 atom stereocenters. The Kier molecular flexibility index (Phi) is 6.39. The maximum absolute atomic E-state index is 6.46. The Bertz CT molecular complexity index is 2540. The summed E-state index contributed by atoms with van der Waals surface area (Å²) in [4.78, 5) is 19.8. The zero-order valence-electron chi connectivity index (χ0n) is 25.2. The van der Waals surface area contributed by atoms with E-state index in [1.54, 1.807) is 0 Å². The van der Waals surface area contributed by atoms with Crippen molar-refractivity contribution in [2.75, 3.05) is 0 Å². The number of aromatic nitrogens is 4. The maximum atomic E-state index is 6.46. The molecule has 0 bridgehead atoms. The van der Waals surface area contributed by atoms with Crippen LogP contribution in [0.25, 0.3) is 89.4 Å². The molecule has 9 rings (SSSR count). The van der Waals surface area contributed by atoms with Crippen molar-refractivity contribution in [3.63, 3.8) is 0 Å². The molecule has 0 saturated carbocycles. The second-order valence-electron chi connectivity index (χ2n) is 11.5. The molecule has 0 unspecified atom stereocenters. The summed E-state index contributed by atoms with van der Waals surface area (Å²) in [6.07, 6.45) is 0. The molecule has 9 aromatic rings. The molecule has 0 aliphatic carbocycles. The first-order valence-electron chi connectivity index (χ1n) is 15.6. The van der Waals surface area contributed by atoms with E-state index in [0.29, 0.717) is 23.4 Å². The van der Waals surface area contributed by atoms with E-state index in [0.717, 1.165) is 60.5 Å². The van der Waals surface area contributed by atoms with Crippen LogP contribution in [0.4, 0.5) is 0 Å². The van der Waals surface area contributed by atoms with Crippen LogP contribution in [-0.4, -0.2) is 19.9 Å². The molecular formula is C42H26N4O. The van der Waals surface area contributed by atoms with Crippen LogP contribution in [0.5, 0.6) is 0 Å². The van der Waals surface area contributed by atoms with Gasteiger partial charge >= 0.3 is 0 Å². The number of benzene rings is 7. The van der Waals surface area contributed by atoms with Crippen molar-refractivity contribution in [2.24, 2.45) is 0 Å². The molecule has 0 radical (unpaired) electrons. The average Bonchev–Trinajstić information content (AvgIpc) is 3.60. The Morgan fingerprint density at radius 3 is 1.51 bits per heavy atom. The SMILES string of the molecule is c1ccc(-c2ccc(-c3nc(-c4ccccc4)nc(-c4ccc5ccc6ccc7nc(-c8ccccc8)oc7c6c5c4)n3)cc2)cc1. The van der Waals surface area contributed by atoms with Gasteiger partial charge in [0.1, 0.15) is 5.52 Å². The highest BCUT2D eigenvalue weighted by molar-refractivity contribution is 6.18. The highest BCUT2D eigenvalue weighted by atomic mass is 16.3. The number of fused-ring (bicyclic) bond motifs is 5. The Balaban J connectivity index is 1.22. The lowest BCUT2D eigenvalue weighted by Gasteiger charge is -2.10. The fourth-order valence-corrected chi connectivity index (χ4v) is 6.16. The van der Waals surface area contributed by atoms with Crippen molar-refractivity contribution in [3.8, 4) is 56.7 Å². The summed E-state index contributed by atoms with van der Waals surface area (Å²) in [5.74, 6) is 2.46. The molecule has 0 saturated heterocycles. The molecular weight excluding hydrogens is 576 g/mol. The first-order valence-corrected chi connectivity index (χ1v) is 15.6. The largest absolute Gasteiger partial charge is 0.435 e. The molecule has 2 aromatic heterocycles. The molecule has 0 aliphatic heterocycles. The first-order chi connectivity index (χ1) is 23.3. The standard InChI is InChI=1S/C42H26N4O/c1-4-10-27(11-5-1)28-16-21-32(22-17-28)40-44-39(31-12-6-2-7-13-31)45-41(46-40)34-23-19-29-18-20-30-24-25-36-38(37(30)35(29)26-34)47-42(43-36)33-14-8-3-9-15-33/h1-26H. The highest BCUT2D eigenvalue weighted by Crippen LogP contribution is 2.37. The fourth-order valence-electron chi connectivity index (χ4n) is 6.16. The molecule has 7 aromatic carbocycles. The van der Waals surface area contributed by atoms with Crippen molar-refractivity contribution in [1.82, 2.24) is 19.9 Å². The zero-order valence-corrected chi connectivity index (χ0v) is 25.2. The minimum absolute atomic E-state index is 0.606. The Morgan fingerprint density at radius 1 is 0.362 bits per heavy atom. The minimum Gasteiger partial charge on any atom is -0.435 e. The van der Waals surface area contributed by atoms with Gasteiger partial charge in [-0.15, -0.1) is 0 Å². The van der Waals surface area contributed by atoms with Gasteiger partial charge in [0.05, 0.1) is 0 Å². The number of hydrogen-bond acceptors (Lipinski definition) is 5. The quantitative estimate of drug-likeness (QED) is 0.183. The van der Waals surface area contributed by atoms with Crippen LogP contribution in [0.15, 0.2) is 162 Å². The first kappa shape index (κ1) is 26.9.